The summed E-state index contributed by atoms with van der Waals surface area (Å²) in [4.78, 5) is 74.2. The fourth-order valence-corrected chi connectivity index (χ4v) is 8.11. The second-order valence-electron chi connectivity index (χ2n) is 15.8. The van der Waals surface area contributed by atoms with Crippen LogP contribution in [0.2, 0.25) is 5.02 Å². The van der Waals surface area contributed by atoms with E-state index in [4.69, 9.17) is 37.3 Å². The van der Waals surface area contributed by atoms with Crippen molar-refractivity contribution in [3.05, 3.63) is 64.2 Å². The molecule has 8 N–H and O–H groups in total. The topological polar surface area (TPSA) is 260 Å². The minimum atomic E-state index is -0.836. The Hall–Kier alpha value is -5.38. The smallest absolute Gasteiger partial charge is 0.277 e. The fourth-order valence-electron chi connectivity index (χ4n) is 7.01. The SMILES string of the molecule is CC1(N)CCN(c2cnc(Sc3cccc(NC(=O)CCC(=O)NCCCOCCOCCOCCCNc4cccc5cnn(C6CCC(=O)NC6=O)c(=O)c45)c3Cl)c(N)n2)CC1. The molecule has 2 aliphatic rings. The number of hydrogen-bond donors (Lipinski definition) is 6. The lowest BCUT2D eigenvalue weighted by Gasteiger charge is -2.37. The molecule has 0 aliphatic carbocycles. The highest BCUT2D eigenvalue weighted by Crippen LogP contribution is 2.39. The largest absolute Gasteiger partial charge is 0.384 e. The van der Waals surface area contributed by atoms with Gasteiger partial charge in [-0.1, -0.05) is 41.6 Å². The van der Waals surface area contributed by atoms with Crippen LogP contribution in [0.25, 0.3) is 10.8 Å². The Labute approximate surface area is 380 Å². The third-order valence-electron chi connectivity index (χ3n) is 10.7. The maximum atomic E-state index is 13.3. The zero-order chi connectivity index (χ0) is 45.5. The highest BCUT2D eigenvalue weighted by molar-refractivity contribution is 7.99. The summed E-state index contributed by atoms with van der Waals surface area (Å²) in [5.74, 6) is -0.492. The van der Waals surface area contributed by atoms with Crippen LogP contribution in [0.3, 0.4) is 0 Å². The molecule has 6 rings (SSSR count). The van der Waals surface area contributed by atoms with Crippen LogP contribution in [-0.4, -0.2) is 115 Å². The number of carbonyl (C=O) groups is 4. The van der Waals surface area contributed by atoms with E-state index >= 15 is 0 Å². The number of halogens is 1. The van der Waals surface area contributed by atoms with Gasteiger partial charge in [-0.25, -0.2) is 14.6 Å². The Kier molecular flexibility index (Phi) is 17.7. The molecule has 0 spiro atoms. The van der Waals surface area contributed by atoms with Gasteiger partial charge in [-0.2, -0.15) is 5.10 Å². The zero-order valence-electron chi connectivity index (χ0n) is 35.9. The van der Waals surface area contributed by atoms with E-state index < -0.39 is 17.5 Å². The molecule has 19 nitrogen and oxygen atoms in total. The Morgan fingerprint density at radius 1 is 0.922 bits per heavy atom. The summed E-state index contributed by atoms with van der Waals surface area (Å²) < 4.78 is 18.0. The van der Waals surface area contributed by atoms with Gasteiger partial charge in [0.25, 0.3) is 11.5 Å². The van der Waals surface area contributed by atoms with Crippen LogP contribution in [0.4, 0.5) is 23.0 Å². The van der Waals surface area contributed by atoms with Gasteiger partial charge in [-0.3, -0.25) is 29.3 Å². The number of nitrogens with two attached hydrogens (primary N) is 2. The van der Waals surface area contributed by atoms with Crippen molar-refractivity contribution in [2.75, 3.05) is 87.1 Å². The Morgan fingerprint density at radius 3 is 2.31 bits per heavy atom. The molecular formula is C43H56ClN11O8S. The summed E-state index contributed by atoms with van der Waals surface area (Å²) in [7, 11) is 0. The van der Waals surface area contributed by atoms with Gasteiger partial charge in [-0.05, 0) is 57.2 Å². The van der Waals surface area contributed by atoms with Gasteiger partial charge in [0, 0.05) is 80.2 Å². The van der Waals surface area contributed by atoms with Crippen LogP contribution in [0.1, 0.15) is 64.3 Å². The first-order valence-corrected chi connectivity index (χ1v) is 22.6. The van der Waals surface area contributed by atoms with Gasteiger partial charge in [0.1, 0.15) is 16.9 Å². The van der Waals surface area contributed by atoms with Crippen molar-refractivity contribution in [3.8, 4) is 0 Å². The molecule has 2 aliphatic heterocycles. The zero-order valence-corrected chi connectivity index (χ0v) is 37.4. The lowest BCUT2D eigenvalue weighted by Crippen LogP contribution is -2.48. The summed E-state index contributed by atoms with van der Waals surface area (Å²) >= 11 is 7.91. The average molecular weight is 923 g/mol. The molecule has 21 heteroatoms. The molecule has 0 bridgehead atoms. The number of nitrogens with one attached hydrogen (secondary N) is 4. The molecule has 2 saturated heterocycles. The number of hydrogen-bond acceptors (Lipinski definition) is 16. The number of piperidine rings is 2. The number of nitrogens with zero attached hydrogens (tertiary/aromatic N) is 5. The van der Waals surface area contributed by atoms with Crippen molar-refractivity contribution in [1.82, 2.24) is 30.4 Å². The predicted octanol–water partition coefficient (Wildman–Crippen LogP) is 3.65. The Bertz CT molecular complexity index is 2320. The predicted molar refractivity (Wildman–Crippen MR) is 245 cm³/mol. The van der Waals surface area contributed by atoms with Gasteiger partial charge in [0.15, 0.2) is 5.82 Å². The highest BCUT2D eigenvalue weighted by Gasteiger charge is 2.30. The molecule has 1 atom stereocenters. The number of ether oxygens (including phenoxy) is 3. The fraction of sp³-hybridized carbons (Fsp3) is 0.488. The minimum absolute atomic E-state index is 0.0176. The van der Waals surface area contributed by atoms with Crippen LogP contribution in [-0.2, 0) is 33.4 Å². The molecule has 4 aromatic rings. The average Bonchev–Trinajstić information content (AvgIpc) is 3.26. The second-order valence-corrected chi connectivity index (χ2v) is 17.2. The van der Waals surface area contributed by atoms with Crippen molar-refractivity contribution in [2.24, 2.45) is 5.73 Å². The number of rotatable bonds is 23. The quantitative estimate of drug-likeness (QED) is 0.0458. The van der Waals surface area contributed by atoms with Crippen LogP contribution >= 0.6 is 23.4 Å². The molecule has 64 heavy (non-hydrogen) atoms. The number of imide groups is 1. The number of fused-ring (bicyclic) bond motifs is 1. The van der Waals surface area contributed by atoms with Crippen molar-refractivity contribution in [2.45, 2.75) is 79.8 Å². The summed E-state index contributed by atoms with van der Waals surface area (Å²) in [6.45, 7) is 7.10. The lowest BCUT2D eigenvalue weighted by atomic mass is 9.91. The molecule has 344 valence electrons. The molecule has 2 fully saturated rings. The van der Waals surface area contributed by atoms with Crippen LogP contribution in [0, 0.1) is 0 Å². The van der Waals surface area contributed by atoms with Gasteiger partial charge in [-0.15, -0.1) is 0 Å². The maximum Gasteiger partial charge on any atom is 0.277 e. The Morgan fingerprint density at radius 2 is 1.59 bits per heavy atom. The van der Waals surface area contributed by atoms with Gasteiger partial charge in [0.05, 0.1) is 54.9 Å². The van der Waals surface area contributed by atoms with Crippen LogP contribution in [0.5, 0.6) is 0 Å². The third kappa shape index (κ3) is 13.8. The van der Waals surface area contributed by atoms with E-state index in [-0.39, 0.29) is 54.8 Å². The van der Waals surface area contributed by atoms with Crippen LogP contribution < -0.4 is 43.2 Å². The maximum absolute atomic E-state index is 13.3. The number of benzene rings is 2. The molecule has 2 aromatic carbocycles. The number of amides is 4. The van der Waals surface area contributed by atoms with E-state index in [1.54, 1.807) is 42.7 Å². The summed E-state index contributed by atoms with van der Waals surface area (Å²) in [5.41, 5.74) is 13.0. The molecule has 4 amide bonds. The number of nitrogen functional groups attached to an aromatic ring is 1. The first-order valence-electron chi connectivity index (χ1n) is 21.4. The molecular weight excluding hydrogens is 866 g/mol. The normalized spacial score (nSPS) is 16.1. The van der Waals surface area contributed by atoms with Crippen LogP contribution in [0.15, 0.2) is 63.5 Å². The molecule has 1 unspecified atom stereocenters. The third-order valence-corrected chi connectivity index (χ3v) is 12.2. The van der Waals surface area contributed by atoms with Crippen molar-refractivity contribution < 1.29 is 33.4 Å². The standard InChI is InChI=1S/C43H56ClN11O8S/c1-43(46)14-18-54(19-15-43)33-27-49-41(39(45)52-33)64-32-9-3-8-30(38(32)44)51-35(57)13-12-34(56)48-17-5-21-62-23-25-63-24-22-61-20-4-16-47-29-7-2-6-28-26-50-55(42(60)37(28)29)31-10-11-36(58)53-40(31)59/h2-3,6-9,26-27,31,47H,4-5,10-25,46H2,1H3,(H2,45,52)(H,48,56)(H,51,57)(H,53,58,59). The van der Waals surface area contributed by atoms with Gasteiger partial charge in [0.2, 0.25) is 17.7 Å². The lowest BCUT2D eigenvalue weighted by molar-refractivity contribution is -0.136. The van der Waals surface area contributed by atoms with E-state index in [9.17, 15) is 24.0 Å². The van der Waals surface area contributed by atoms with E-state index in [0.29, 0.717) is 108 Å². The second kappa shape index (κ2) is 23.5. The summed E-state index contributed by atoms with van der Waals surface area (Å²) in [6, 6.07) is 9.84. The number of aromatic nitrogens is 4. The van der Waals surface area contributed by atoms with Crippen molar-refractivity contribution >= 4 is 80.8 Å². The summed E-state index contributed by atoms with van der Waals surface area (Å²) in [6.07, 6.45) is 6.59. The van der Waals surface area contributed by atoms with Gasteiger partial charge >= 0.3 is 0 Å². The van der Waals surface area contributed by atoms with E-state index in [0.717, 1.165) is 30.6 Å². The van der Waals surface area contributed by atoms with E-state index in [1.165, 1.54) is 11.8 Å². The molecule has 0 saturated carbocycles. The number of carbonyl (C=O) groups excluding carboxylic acids is 4. The first-order chi connectivity index (χ1) is 30.9. The van der Waals surface area contributed by atoms with Crippen molar-refractivity contribution in [3.63, 3.8) is 0 Å². The molecule has 0 radical (unpaired) electrons. The minimum Gasteiger partial charge on any atom is -0.384 e. The van der Waals surface area contributed by atoms with Gasteiger partial charge < -0.3 is 46.5 Å². The summed E-state index contributed by atoms with van der Waals surface area (Å²) in [5, 5.41) is 17.3. The number of anilines is 4. The van der Waals surface area contributed by atoms with Crippen molar-refractivity contribution in [1.29, 1.82) is 0 Å². The van der Waals surface area contributed by atoms with E-state index in [2.05, 4.69) is 48.2 Å². The molecule has 4 heterocycles. The first kappa shape index (κ1) is 48.1. The Balaban J connectivity index is 0.770. The van der Waals surface area contributed by atoms with E-state index in [1.807, 2.05) is 6.07 Å². The molecule has 2 aromatic heterocycles. The monoisotopic (exact) mass is 921 g/mol. The highest BCUT2D eigenvalue weighted by atomic mass is 35.5.